The minimum absolute atomic E-state index is 0.166. The zero-order valence-corrected chi connectivity index (χ0v) is 11.7. The number of hydrogen-bond donors (Lipinski definition) is 2. The lowest BCUT2D eigenvalue weighted by Crippen LogP contribution is -2.63. The molecule has 4 nitrogen and oxygen atoms in total. The quantitative estimate of drug-likeness (QED) is 0.643. The highest BCUT2D eigenvalue weighted by Crippen LogP contribution is 2.40. The fourth-order valence-electron chi connectivity index (χ4n) is 2.85. The lowest BCUT2D eigenvalue weighted by Gasteiger charge is -2.36. The summed E-state index contributed by atoms with van der Waals surface area (Å²) in [5.41, 5.74) is 5.23. The molecule has 2 aliphatic carbocycles. The van der Waals surface area contributed by atoms with E-state index in [9.17, 15) is 4.79 Å². The summed E-state index contributed by atoms with van der Waals surface area (Å²) in [5, 5.41) is 3.45. The molecule has 4 heteroatoms. The van der Waals surface area contributed by atoms with Crippen LogP contribution in [0, 0.1) is 11.8 Å². The van der Waals surface area contributed by atoms with Crippen molar-refractivity contribution in [3.63, 3.8) is 0 Å². The zero-order chi connectivity index (χ0) is 13.2. The maximum Gasteiger partial charge on any atom is 0.239 e. The number of carbonyl (C=O) groups is 1. The van der Waals surface area contributed by atoms with Crippen LogP contribution in [-0.2, 0) is 4.79 Å². The monoisotopic (exact) mass is 253 g/mol. The Hall–Kier alpha value is -0.610. The average Bonchev–Trinajstić information content (AvgIpc) is 3.13. The molecule has 2 aliphatic rings. The zero-order valence-electron chi connectivity index (χ0n) is 11.7. The van der Waals surface area contributed by atoms with Crippen LogP contribution in [-0.4, -0.2) is 43.0 Å². The van der Waals surface area contributed by atoms with Gasteiger partial charge in [-0.1, -0.05) is 6.92 Å². The van der Waals surface area contributed by atoms with Crippen LogP contribution in [0.15, 0.2) is 0 Å². The highest BCUT2D eigenvalue weighted by molar-refractivity contribution is 5.86. The Morgan fingerprint density at radius 2 is 2.06 bits per heavy atom. The van der Waals surface area contributed by atoms with E-state index >= 15 is 0 Å². The minimum Gasteiger partial charge on any atom is -0.368 e. The summed E-state index contributed by atoms with van der Waals surface area (Å²) in [4.78, 5) is 14.3. The fraction of sp³-hybridized carbons (Fsp3) is 0.929. The van der Waals surface area contributed by atoms with E-state index in [-0.39, 0.29) is 5.91 Å². The molecule has 0 aromatic carbocycles. The third-order valence-electron chi connectivity index (χ3n) is 4.19. The fourth-order valence-corrected chi connectivity index (χ4v) is 2.85. The van der Waals surface area contributed by atoms with E-state index in [1.807, 2.05) is 0 Å². The summed E-state index contributed by atoms with van der Waals surface area (Å²) in [5.74, 6) is 1.13. The highest BCUT2D eigenvalue weighted by atomic mass is 16.1. The van der Waals surface area contributed by atoms with Gasteiger partial charge in [-0.2, -0.15) is 0 Å². The van der Waals surface area contributed by atoms with Crippen molar-refractivity contribution in [2.24, 2.45) is 17.6 Å². The molecule has 2 fully saturated rings. The maximum atomic E-state index is 12.0. The molecule has 0 heterocycles. The SMILES string of the molecule is CCCNC(CN(C)CC1CC1)(C(N)=O)C1CC1. The molecule has 0 radical (unpaired) electrons. The van der Waals surface area contributed by atoms with Gasteiger partial charge in [-0.3, -0.25) is 4.79 Å². The Balaban J connectivity index is 1.98. The first-order valence-corrected chi connectivity index (χ1v) is 7.32. The van der Waals surface area contributed by atoms with Crippen LogP contribution in [0.2, 0.25) is 0 Å². The molecule has 18 heavy (non-hydrogen) atoms. The molecule has 1 atom stereocenters. The van der Waals surface area contributed by atoms with E-state index in [0.717, 1.165) is 44.8 Å². The lowest BCUT2D eigenvalue weighted by atomic mass is 9.91. The molecule has 0 aliphatic heterocycles. The van der Waals surface area contributed by atoms with Crippen LogP contribution in [0.3, 0.4) is 0 Å². The summed E-state index contributed by atoms with van der Waals surface area (Å²) in [6.45, 7) is 4.87. The van der Waals surface area contributed by atoms with Gasteiger partial charge in [0.2, 0.25) is 5.91 Å². The maximum absolute atomic E-state index is 12.0. The van der Waals surface area contributed by atoms with Crippen molar-refractivity contribution in [2.75, 3.05) is 26.7 Å². The number of nitrogens with zero attached hydrogens (tertiary/aromatic N) is 1. The number of hydrogen-bond acceptors (Lipinski definition) is 3. The minimum atomic E-state index is -0.486. The van der Waals surface area contributed by atoms with Crippen molar-refractivity contribution >= 4 is 5.91 Å². The first-order chi connectivity index (χ1) is 8.58. The number of rotatable bonds is 9. The van der Waals surface area contributed by atoms with Gasteiger partial charge in [-0.05, 0) is 57.5 Å². The van der Waals surface area contributed by atoms with Crippen molar-refractivity contribution in [3.8, 4) is 0 Å². The number of carbonyl (C=O) groups excluding carboxylic acids is 1. The van der Waals surface area contributed by atoms with Gasteiger partial charge in [0.05, 0.1) is 0 Å². The number of amides is 1. The first-order valence-electron chi connectivity index (χ1n) is 7.32. The molecule has 0 aromatic rings. The Bertz CT molecular complexity index is 299. The first kappa shape index (κ1) is 13.8. The Kier molecular flexibility index (Phi) is 4.28. The van der Waals surface area contributed by atoms with Crippen molar-refractivity contribution in [1.29, 1.82) is 0 Å². The molecule has 0 saturated heterocycles. The number of nitrogens with one attached hydrogen (secondary N) is 1. The third-order valence-corrected chi connectivity index (χ3v) is 4.19. The van der Waals surface area contributed by atoms with Crippen LogP contribution in [0.1, 0.15) is 39.0 Å². The van der Waals surface area contributed by atoms with Crippen LogP contribution in [0.4, 0.5) is 0 Å². The molecule has 0 aromatic heterocycles. The predicted octanol–water partition coefficient (Wildman–Crippen LogP) is 0.962. The molecule has 3 N–H and O–H groups in total. The van der Waals surface area contributed by atoms with Crippen molar-refractivity contribution in [1.82, 2.24) is 10.2 Å². The number of primary amides is 1. The molecule has 0 spiro atoms. The third kappa shape index (κ3) is 3.23. The summed E-state index contributed by atoms with van der Waals surface area (Å²) < 4.78 is 0. The van der Waals surface area contributed by atoms with Gasteiger partial charge in [0.25, 0.3) is 0 Å². The van der Waals surface area contributed by atoms with Gasteiger partial charge in [0.1, 0.15) is 5.54 Å². The average molecular weight is 253 g/mol. The molecule has 1 amide bonds. The van der Waals surface area contributed by atoms with Gasteiger partial charge in [0.15, 0.2) is 0 Å². The second-order valence-electron chi connectivity index (χ2n) is 6.18. The van der Waals surface area contributed by atoms with Crippen molar-refractivity contribution in [3.05, 3.63) is 0 Å². The molecule has 2 saturated carbocycles. The smallest absolute Gasteiger partial charge is 0.239 e. The van der Waals surface area contributed by atoms with E-state index in [2.05, 4.69) is 24.2 Å². The topological polar surface area (TPSA) is 58.4 Å². The Morgan fingerprint density at radius 1 is 1.39 bits per heavy atom. The normalized spacial score (nSPS) is 23.1. The van der Waals surface area contributed by atoms with Gasteiger partial charge < -0.3 is 16.0 Å². The predicted molar refractivity (Wildman–Crippen MR) is 73.2 cm³/mol. The molecule has 0 bridgehead atoms. The summed E-state index contributed by atoms with van der Waals surface area (Å²) >= 11 is 0. The molecule has 1 unspecified atom stereocenters. The van der Waals surface area contributed by atoms with Crippen LogP contribution in [0.5, 0.6) is 0 Å². The number of nitrogens with two attached hydrogens (primary N) is 1. The van der Waals surface area contributed by atoms with Gasteiger partial charge >= 0.3 is 0 Å². The lowest BCUT2D eigenvalue weighted by molar-refractivity contribution is -0.126. The van der Waals surface area contributed by atoms with Gasteiger partial charge in [-0.15, -0.1) is 0 Å². The Labute approximate surface area is 110 Å². The van der Waals surface area contributed by atoms with Gasteiger partial charge in [0, 0.05) is 13.1 Å². The van der Waals surface area contributed by atoms with Crippen LogP contribution >= 0.6 is 0 Å². The van der Waals surface area contributed by atoms with E-state index in [1.54, 1.807) is 0 Å². The van der Waals surface area contributed by atoms with E-state index in [1.165, 1.54) is 12.8 Å². The van der Waals surface area contributed by atoms with Gasteiger partial charge in [-0.25, -0.2) is 0 Å². The number of likely N-dealkylation sites (N-methyl/N-ethyl adjacent to an activating group) is 1. The van der Waals surface area contributed by atoms with Crippen LogP contribution < -0.4 is 11.1 Å². The second kappa shape index (κ2) is 5.57. The van der Waals surface area contributed by atoms with Crippen molar-refractivity contribution < 1.29 is 4.79 Å². The highest BCUT2D eigenvalue weighted by Gasteiger charge is 2.50. The molecular formula is C14H27N3O. The summed E-state index contributed by atoms with van der Waals surface area (Å²) in [6.07, 6.45) is 6.00. The second-order valence-corrected chi connectivity index (χ2v) is 6.18. The summed E-state index contributed by atoms with van der Waals surface area (Å²) in [7, 11) is 2.12. The Morgan fingerprint density at radius 3 is 2.50 bits per heavy atom. The van der Waals surface area contributed by atoms with Crippen molar-refractivity contribution in [2.45, 2.75) is 44.6 Å². The summed E-state index contributed by atoms with van der Waals surface area (Å²) in [6, 6.07) is 0. The van der Waals surface area contributed by atoms with Crippen LogP contribution in [0.25, 0.3) is 0 Å². The van der Waals surface area contributed by atoms with E-state index in [4.69, 9.17) is 5.73 Å². The van der Waals surface area contributed by atoms with E-state index in [0.29, 0.717) is 5.92 Å². The molecular weight excluding hydrogens is 226 g/mol. The standard InChI is InChI=1S/C14H27N3O/c1-3-8-16-14(13(15)18,12-6-7-12)10-17(2)9-11-4-5-11/h11-12,16H,3-10H2,1-2H3,(H2,15,18). The largest absolute Gasteiger partial charge is 0.368 e. The molecule has 104 valence electrons. The molecule has 2 rings (SSSR count). The van der Waals surface area contributed by atoms with E-state index < -0.39 is 5.54 Å².